The zero-order chi connectivity index (χ0) is 11.6. The molecule has 15 heavy (non-hydrogen) atoms. The Labute approximate surface area is 98.4 Å². The van der Waals surface area contributed by atoms with Gasteiger partial charge in [0.2, 0.25) is 0 Å². The number of aliphatic hydroxyl groups is 1. The Hall–Kier alpha value is -0.410. The van der Waals surface area contributed by atoms with Crippen molar-refractivity contribution in [2.75, 3.05) is 0 Å². The van der Waals surface area contributed by atoms with E-state index in [0.717, 1.165) is 10.0 Å². The van der Waals surface area contributed by atoms with Gasteiger partial charge in [0.05, 0.1) is 6.10 Å². The third-order valence-electron chi connectivity index (χ3n) is 2.21. The fourth-order valence-corrected chi connectivity index (χ4v) is 2.41. The SMILES string of the molecule is CC(O)Cc1ccc(C(C)(C)F)c(Br)c1. The first-order valence-electron chi connectivity index (χ1n) is 4.96. The molecule has 1 unspecified atom stereocenters. The molecule has 0 radical (unpaired) electrons. The van der Waals surface area contributed by atoms with Gasteiger partial charge in [0.1, 0.15) is 5.67 Å². The van der Waals surface area contributed by atoms with E-state index in [1.54, 1.807) is 13.0 Å². The second kappa shape index (κ2) is 4.62. The van der Waals surface area contributed by atoms with E-state index in [1.807, 2.05) is 12.1 Å². The lowest BCUT2D eigenvalue weighted by molar-refractivity contribution is 0.195. The molecule has 1 N–H and O–H groups in total. The molecule has 1 atom stereocenters. The molecule has 0 aliphatic heterocycles. The van der Waals surface area contributed by atoms with Crippen molar-refractivity contribution in [3.8, 4) is 0 Å². The monoisotopic (exact) mass is 274 g/mol. The molecule has 0 bridgehead atoms. The van der Waals surface area contributed by atoms with Gasteiger partial charge in [-0.25, -0.2) is 4.39 Å². The van der Waals surface area contributed by atoms with Crippen LogP contribution >= 0.6 is 15.9 Å². The number of benzene rings is 1. The summed E-state index contributed by atoms with van der Waals surface area (Å²) in [5, 5.41) is 9.24. The van der Waals surface area contributed by atoms with Crippen molar-refractivity contribution in [1.29, 1.82) is 0 Å². The van der Waals surface area contributed by atoms with Crippen LogP contribution in [-0.4, -0.2) is 11.2 Å². The molecule has 0 fully saturated rings. The van der Waals surface area contributed by atoms with E-state index in [0.29, 0.717) is 12.0 Å². The van der Waals surface area contributed by atoms with E-state index in [1.165, 1.54) is 13.8 Å². The summed E-state index contributed by atoms with van der Waals surface area (Å²) in [5.41, 5.74) is 0.295. The van der Waals surface area contributed by atoms with Crippen LogP contribution in [0, 0.1) is 0 Å². The molecule has 3 heteroatoms. The van der Waals surface area contributed by atoms with E-state index >= 15 is 0 Å². The summed E-state index contributed by atoms with van der Waals surface area (Å²) in [7, 11) is 0. The first-order chi connectivity index (χ1) is 6.80. The summed E-state index contributed by atoms with van der Waals surface area (Å²) in [4.78, 5) is 0. The van der Waals surface area contributed by atoms with Gasteiger partial charge in [-0.05, 0) is 38.8 Å². The maximum absolute atomic E-state index is 13.7. The molecule has 1 nitrogen and oxygen atoms in total. The van der Waals surface area contributed by atoms with Crippen LogP contribution in [-0.2, 0) is 12.1 Å². The normalized spacial score (nSPS) is 14.0. The minimum Gasteiger partial charge on any atom is -0.393 e. The molecule has 0 aliphatic carbocycles. The zero-order valence-electron chi connectivity index (χ0n) is 9.22. The highest BCUT2D eigenvalue weighted by Crippen LogP contribution is 2.32. The molecule has 0 aromatic heterocycles. The average molecular weight is 275 g/mol. The quantitative estimate of drug-likeness (QED) is 0.894. The lowest BCUT2D eigenvalue weighted by Gasteiger charge is -2.17. The fourth-order valence-electron chi connectivity index (χ4n) is 1.51. The van der Waals surface area contributed by atoms with Crippen LogP contribution in [0.2, 0.25) is 0 Å². The van der Waals surface area contributed by atoms with Gasteiger partial charge < -0.3 is 5.11 Å². The van der Waals surface area contributed by atoms with Gasteiger partial charge in [0.25, 0.3) is 0 Å². The van der Waals surface area contributed by atoms with Crippen LogP contribution in [0.3, 0.4) is 0 Å². The summed E-state index contributed by atoms with van der Waals surface area (Å²) in [6.07, 6.45) is 0.215. The Balaban J connectivity index is 2.99. The van der Waals surface area contributed by atoms with Crippen molar-refractivity contribution in [2.45, 2.75) is 39.0 Å². The smallest absolute Gasteiger partial charge is 0.131 e. The highest BCUT2D eigenvalue weighted by atomic mass is 79.9. The molecule has 1 aromatic rings. The molecule has 0 aliphatic rings. The summed E-state index contributed by atoms with van der Waals surface area (Å²) < 4.78 is 14.5. The van der Waals surface area contributed by atoms with Gasteiger partial charge in [0, 0.05) is 10.0 Å². The summed E-state index contributed by atoms with van der Waals surface area (Å²) >= 11 is 3.35. The fraction of sp³-hybridized carbons (Fsp3) is 0.500. The van der Waals surface area contributed by atoms with Gasteiger partial charge >= 0.3 is 0 Å². The lowest BCUT2D eigenvalue weighted by atomic mass is 9.97. The first kappa shape index (κ1) is 12.7. The van der Waals surface area contributed by atoms with Crippen LogP contribution < -0.4 is 0 Å². The highest BCUT2D eigenvalue weighted by Gasteiger charge is 2.21. The summed E-state index contributed by atoms with van der Waals surface area (Å²) in [5.74, 6) is 0. The third-order valence-corrected chi connectivity index (χ3v) is 2.86. The van der Waals surface area contributed by atoms with Crippen LogP contribution in [0.5, 0.6) is 0 Å². The zero-order valence-corrected chi connectivity index (χ0v) is 10.8. The molecule has 1 aromatic carbocycles. The number of hydrogen-bond donors (Lipinski definition) is 1. The van der Waals surface area contributed by atoms with Crippen LogP contribution in [0.15, 0.2) is 22.7 Å². The molecule has 84 valence electrons. The Kier molecular flexibility index (Phi) is 3.90. The Bertz CT molecular complexity index is 342. The third kappa shape index (κ3) is 3.58. The second-order valence-corrected chi connectivity index (χ2v) is 5.19. The Morgan fingerprint density at radius 3 is 2.47 bits per heavy atom. The molecule has 0 spiro atoms. The van der Waals surface area contributed by atoms with Crippen molar-refractivity contribution in [3.05, 3.63) is 33.8 Å². The number of hydrogen-bond acceptors (Lipinski definition) is 1. The first-order valence-corrected chi connectivity index (χ1v) is 5.76. The van der Waals surface area contributed by atoms with E-state index < -0.39 is 5.67 Å². The summed E-state index contributed by atoms with van der Waals surface area (Å²) in [6, 6.07) is 5.49. The van der Waals surface area contributed by atoms with Crippen molar-refractivity contribution in [1.82, 2.24) is 0 Å². The van der Waals surface area contributed by atoms with Crippen LogP contribution in [0.25, 0.3) is 0 Å². The highest BCUT2D eigenvalue weighted by molar-refractivity contribution is 9.10. The topological polar surface area (TPSA) is 20.2 Å². The van der Waals surface area contributed by atoms with Gasteiger partial charge in [-0.1, -0.05) is 28.1 Å². The lowest BCUT2D eigenvalue weighted by Crippen LogP contribution is -2.11. The molecule has 1 rings (SSSR count). The Morgan fingerprint density at radius 2 is 2.07 bits per heavy atom. The van der Waals surface area contributed by atoms with Gasteiger partial charge in [-0.2, -0.15) is 0 Å². The largest absolute Gasteiger partial charge is 0.393 e. The van der Waals surface area contributed by atoms with Crippen molar-refractivity contribution >= 4 is 15.9 Å². The van der Waals surface area contributed by atoms with Gasteiger partial charge in [0.15, 0.2) is 0 Å². The van der Waals surface area contributed by atoms with Crippen LogP contribution in [0.1, 0.15) is 31.9 Å². The van der Waals surface area contributed by atoms with Crippen molar-refractivity contribution in [2.24, 2.45) is 0 Å². The molecular weight excluding hydrogens is 259 g/mol. The predicted molar refractivity (Wildman–Crippen MR) is 63.7 cm³/mol. The standard InChI is InChI=1S/C12H16BrFO/c1-8(15)6-9-4-5-10(11(13)7-9)12(2,3)14/h4-5,7-8,15H,6H2,1-3H3. The molecule has 0 saturated heterocycles. The van der Waals surface area contributed by atoms with E-state index in [9.17, 15) is 9.50 Å². The minimum absolute atomic E-state index is 0.374. The van der Waals surface area contributed by atoms with Crippen LogP contribution in [0.4, 0.5) is 4.39 Å². The number of alkyl halides is 1. The summed E-state index contributed by atoms with van der Waals surface area (Å²) in [6.45, 7) is 4.80. The Morgan fingerprint density at radius 1 is 1.47 bits per heavy atom. The van der Waals surface area contributed by atoms with Gasteiger partial charge in [-0.15, -0.1) is 0 Å². The minimum atomic E-state index is -1.35. The van der Waals surface area contributed by atoms with Crippen molar-refractivity contribution < 1.29 is 9.50 Å². The number of rotatable bonds is 3. The van der Waals surface area contributed by atoms with E-state index in [2.05, 4.69) is 15.9 Å². The van der Waals surface area contributed by atoms with Gasteiger partial charge in [-0.3, -0.25) is 0 Å². The van der Waals surface area contributed by atoms with E-state index in [4.69, 9.17) is 0 Å². The maximum Gasteiger partial charge on any atom is 0.131 e. The molecule has 0 amide bonds. The van der Waals surface area contributed by atoms with E-state index in [-0.39, 0.29) is 6.10 Å². The average Bonchev–Trinajstić information content (AvgIpc) is 1.99. The second-order valence-electron chi connectivity index (χ2n) is 4.34. The molecule has 0 saturated carbocycles. The maximum atomic E-state index is 13.7. The molecule has 0 heterocycles. The predicted octanol–water partition coefficient (Wildman–Crippen LogP) is 3.58. The van der Waals surface area contributed by atoms with Crippen molar-refractivity contribution in [3.63, 3.8) is 0 Å². The number of halogens is 2. The number of aliphatic hydroxyl groups excluding tert-OH is 1. The molecular formula is C12H16BrFO.